The number of benzene rings is 2. The molecule has 0 fully saturated rings. The number of anilines is 2. The molecular weight excluding hydrogens is 674 g/mol. The van der Waals surface area contributed by atoms with Crippen LogP contribution in [0.2, 0.25) is 0 Å². The molecule has 51 heavy (non-hydrogen) atoms. The minimum atomic E-state index is -1.56. The van der Waals surface area contributed by atoms with E-state index in [2.05, 4.69) is 41.2 Å². The zero-order chi connectivity index (χ0) is 36.7. The van der Waals surface area contributed by atoms with E-state index in [4.69, 9.17) is 15.9 Å². The van der Waals surface area contributed by atoms with Crippen LogP contribution in [0.15, 0.2) is 67.1 Å². The molecule has 5 rings (SSSR count). The van der Waals surface area contributed by atoms with Gasteiger partial charge in [0.15, 0.2) is 23.0 Å². The number of aromatic carboxylic acids is 2. The average molecular weight is 699 g/mol. The number of carbonyl (C=O) groups excluding carboxylic acids is 2. The van der Waals surface area contributed by atoms with Crippen molar-refractivity contribution in [1.82, 2.24) is 30.6 Å². The standard InChI is InChI=1S/C32H24F2N10O7/c33-20-9-26(39-29(45)24-3-1-22(41-43-24)16(11-35)12-36)18(31(47)48)7-15(20)5-6-51-28-10-27(19(32(49)50)8-21(28)34)40-30(46)25-4-2-23(42-44-25)17-13-37-38-14-17/h1-4,7-14,35H,5-6,36H2,(H,37,38)(H,39,45)(H,40,46)(H,47,48)(H,49,50)/b16-12+,35-11?. The van der Waals surface area contributed by atoms with Crippen LogP contribution >= 0.6 is 0 Å². The first kappa shape index (κ1) is 34.9. The summed E-state index contributed by atoms with van der Waals surface area (Å²) in [5.74, 6) is -7.36. The van der Waals surface area contributed by atoms with Gasteiger partial charge in [-0.1, -0.05) is 0 Å². The molecule has 2 amide bonds. The molecule has 5 aromatic rings. The molecule has 0 unspecified atom stereocenters. The molecule has 3 aromatic heterocycles. The number of carboxylic acids is 2. The number of nitrogens with zero attached hydrogens (tertiary/aromatic N) is 5. The number of hydrogen-bond acceptors (Lipinski definition) is 12. The van der Waals surface area contributed by atoms with E-state index in [0.717, 1.165) is 30.6 Å². The Bertz CT molecular complexity index is 2180. The van der Waals surface area contributed by atoms with Crippen molar-refractivity contribution in [2.24, 2.45) is 5.73 Å². The molecule has 8 N–H and O–H groups in total. The van der Waals surface area contributed by atoms with Crippen LogP contribution in [0.25, 0.3) is 16.8 Å². The van der Waals surface area contributed by atoms with Crippen LogP contribution in [-0.2, 0) is 6.42 Å². The highest BCUT2D eigenvalue weighted by Gasteiger charge is 2.22. The molecule has 0 radical (unpaired) electrons. The van der Waals surface area contributed by atoms with Crippen LogP contribution in [0.1, 0.15) is 53.0 Å². The molecule has 0 saturated heterocycles. The number of H-pyrrole nitrogens is 1. The summed E-state index contributed by atoms with van der Waals surface area (Å²) in [7, 11) is 0. The lowest BCUT2D eigenvalue weighted by Gasteiger charge is -2.14. The summed E-state index contributed by atoms with van der Waals surface area (Å²) in [5, 5.41) is 53.0. The van der Waals surface area contributed by atoms with Gasteiger partial charge in [-0.25, -0.2) is 18.4 Å². The molecule has 2 aromatic carbocycles. The molecule has 0 aliphatic rings. The lowest BCUT2D eigenvalue weighted by molar-refractivity contribution is 0.0686. The Morgan fingerprint density at radius 1 is 0.843 bits per heavy atom. The number of aromatic amines is 1. The van der Waals surface area contributed by atoms with Crippen LogP contribution in [0.3, 0.4) is 0 Å². The summed E-state index contributed by atoms with van der Waals surface area (Å²) >= 11 is 0. The molecule has 3 heterocycles. The summed E-state index contributed by atoms with van der Waals surface area (Å²) in [6.07, 6.45) is 4.82. The van der Waals surface area contributed by atoms with Gasteiger partial charge in [-0.15, -0.1) is 20.4 Å². The van der Waals surface area contributed by atoms with Gasteiger partial charge in [-0.2, -0.15) is 5.10 Å². The zero-order valence-corrected chi connectivity index (χ0v) is 25.8. The van der Waals surface area contributed by atoms with E-state index < -0.39 is 58.9 Å². The second-order valence-corrected chi connectivity index (χ2v) is 10.3. The minimum absolute atomic E-state index is 0.171. The molecule has 0 aliphatic carbocycles. The predicted octanol–water partition coefficient (Wildman–Crippen LogP) is 3.41. The van der Waals surface area contributed by atoms with Gasteiger partial charge in [0.05, 0.1) is 46.7 Å². The van der Waals surface area contributed by atoms with Crippen molar-refractivity contribution < 1.29 is 42.9 Å². The molecule has 258 valence electrons. The van der Waals surface area contributed by atoms with Crippen molar-refractivity contribution in [1.29, 1.82) is 5.41 Å². The minimum Gasteiger partial charge on any atom is -0.490 e. The molecule has 17 nitrogen and oxygen atoms in total. The largest absolute Gasteiger partial charge is 0.490 e. The van der Waals surface area contributed by atoms with Gasteiger partial charge in [0.2, 0.25) is 0 Å². The number of nitrogens with two attached hydrogens (primary N) is 1. The monoisotopic (exact) mass is 698 g/mol. The maximum absolute atomic E-state index is 15.1. The molecule has 0 bridgehead atoms. The summed E-state index contributed by atoms with van der Waals surface area (Å²) in [6, 6.07) is 8.73. The number of amides is 2. The van der Waals surface area contributed by atoms with Crippen LogP contribution in [0.5, 0.6) is 5.75 Å². The predicted molar refractivity (Wildman–Crippen MR) is 174 cm³/mol. The molecule has 0 atom stereocenters. The number of carboxylic acid groups (broad SMARTS) is 2. The Balaban J connectivity index is 1.28. The Labute approximate surface area is 284 Å². The van der Waals surface area contributed by atoms with E-state index >= 15 is 4.39 Å². The third kappa shape index (κ3) is 8.00. The van der Waals surface area contributed by atoms with Crippen LogP contribution in [0, 0.1) is 17.0 Å². The molecule has 0 saturated carbocycles. The first-order valence-electron chi connectivity index (χ1n) is 14.5. The third-order valence-corrected chi connectivity index (χ3v) is 7.06. The molecule has 19 heteroatoms. The van der Waals surface area contributed by atoms with Crippen molar-refractivity contribution in [3.8, 4) is 17.0 Å². The second-order valence-electron chi connectivity index (χ2n) is 10.3. The zero-order valence-electron chi connectivity index (χ0n) is 25.8. The number of halogens is 2. The fourth-order valence-electron chi connectivity index (χ4n) is 4.49. The number of nitrogens with one attached hydrogen (secondary N) is 4. The summed E-state index contributed by atoms with van der Waals surface area (Å²) < 4.78 is 35.4. The maximum Gasteiger partial charge on any atom is 0.337 e. The number of carbonyl (C=O) groups is 4. The Kier molecular flexibility index (Phi) is 10.4. The van der Waals surface area contributed by atoms with E-state index in [1.54, 1.807) is 6.20 Å². The number of rotatable bonds is 13. The fraction of sp³-hybridized carbons (Fsp3) is 0.0625. The summed E-state index contributed by atoms with van der Waals surface area (Å²) in [6.45, 7) is -0.420. The van der Waals surface area contributed by atoms with Gasteiger partial charge < -0.3 is 36.7 Å². The Morgan fingerprint density at radius 2 is 1.45 bits per heavy atom. The van der Waals surface area contributed by atoms with Crippen LogP contribution in [0.4, 0.5) is 20.2 Å². The van der Waals surface area contributed by atoms with Gasteiger partial charge in [0, 0.05) is 42.2 Å². The topological polar surface area (TPSA) is 272 Å². The first-order valence-corrected chi connectivity index (χ1v) is 14.5. The Morgan fingerprint density at radius 3 is 2.00 bits per heavy atom. The van der Waals surface area contributed by atoms with Crippen molar-refractivity contribution in [2.45, 2.75) is 6.42 Å². The van der Waals surface area contributed by atoms with E-state index in [-0.39, 0.29) is 46.0 Å². The average Bonchev–Trinajstić information content (AvgIpc) is 3.66. The van der Waals surface area contributed by atoms with Crippen LogP contribution < -0.4 is 21.1 Å². The highest BCUT2D eigenvalue weighted by Crippen LogP contribution is 2.28. The molecular formula is C32H24F2N10O7. The second kappa shape index (κ2) is 15.2. The SMILES string of the molecule is N=C/C(=C\N)c1ccc(C(=O)Nc2cc(F)c(CCOc3cc(NC(=O)c4ccc(-c5cn[nH]c5)nn4)c(C(=O)O)cc3F)cc2C(=O)O)nn1. The van der Waals surface area contributed by atoms with E-state index in [9.17, 15) is 33.8 Å². The lowest BCUT2D eigenvalue weighted by atomic mass is 10.0. The van der Waals surface area contributed by atoms with E-state index in [1.165, 1.54) is 30.5 Å². The number of ether oxygens (including phenoxy) is 1. The highest BCUT2D eigenvalue weighted by molar-refractivity contribution is 6.09. The van der Waals surface area contributed by atoms with Crippen molar-refractivity contribution in [3.63, 3.8) is 0 Å². The van der Waals surface area contributed by atoms with Gasteiger partial charge in [0.25, 0.3) is 11.8 Å². The number of allylic oxidation sites excluding steroid dienone is 1. The van der Waals surface area contributed by atoms with E-state index in [0.29, 0.717) is 17.3 Å². The molecule has 0 aliphatic heterocycles. The van der Waals surface area contributed by atoms with Crippen molar-refractivity contribution in [2.75, 3.05) is 17.2 Å². The summed E-state index contributed by atoms with van der Waals surface area (Å²) in [5.41, 5.74) is 4.46. The smallest absolute Gasteiger partial charge is 0.337 e. The molecule has 0 spiro atoms. The van der Waals surface area contributed by atoms with Gasteiger partial charge >= 0.3 is 11.9 Å². The lowest BCUT2D eigenvalue weighted by Crippen LogP contribution is -2.18. The highest BCUT2D eigenvalue weighted by atomic mass is 19.1. The fourth-order valence-corrected chi connectivity index (χ4v) is 4.49. The quantitative estimate of drug-likeness (QED) is 0.0870. The van der Waals surface area contributed by atoms with Gasteiger partial charge in [-0.3, -0.25) is 14.7 Å². The maximum atomic E-state index is 15.1. The van der Waals surface area contributed by atoms with Crippen molar-refractivity contribution >= 4 is 46.9 Å². The van der Waals surface area contributed by atoms with Gasteiger partial charge in [-0.05, 0) is 48.0 Å². The Hall–Kier alpha value is -7.44. The summed E-state index contributed by atoms with van der Waals surface area (Å²) in [4.78, 5) is 49.4. The number of aromatic nitrogens is 6. The normalized spacial score (nSPS) is 11.1. The third-order valence-electron chi connectivity index (χ3n) is 7.06. The van der Waals surface area contributed by atoms with Gasteiger partial charge in [0.1, 0.15) is 5.82 Å². The van der Waals surface area contributed by atoms with Crippen molar-refractivity contribution in [3.05, 3.63) is 113 Å². The first-order chi connectivity index (χ1) is 24.5. The van der Waals surface area contributed by atoms with E-state index in [1.807, 2.05) is 0 Å². The number of hydrogen-bond donors (Lipinski definition) is 7. The van der Waals surface area contributed by atoms with Crippen LogP contribution in [-0.4, -0.2) is 77.4 Å².